The van der Waals surface area contributed by atoms with E-state index >= 15 is 0 Å². The summed E-state index contributed by atoms with van der Waals surface area (Å²) in [7, 11) is 0. The zero-order valence-corrected chi connectivity index (χ0v) is 11.6. The number of halogens is 2. The molecular weight excluding hydrogens is 316 g/mol. The van der Waals surface area contributed by atoms with Crippen LogP contribution < -0.4 is 11.1 Å². The fraction of sp³-hybridized carbons (Fsp3) is 0. The smallest absolute Gasteiger partial charge is 0.255 e. The third-order valence-corrected chi connectivity index (χ3v) is 3.77. The van der Waals surface area contributed by atoms with Gasteiger partial charge in [0, 0.05) is 11.3 Å². The Labute approximate surface area is 118 Å². The highest BCUT2D eigenvalue weighted by molar-refractivity contribution is 9.10. The minimum atomic E-state index is -0.210. The highest BCUT2D eigenvalue weighted by Gasteiger charge is 2.09. The number of amides is 1. The SMILES string of the molecule is Nc1ccc(C(=O)Nc2cccc(Cl)c2Br)cc1. The van der Waals surface area contributed by atoms with Crippen LogP contribution in [0.5, 0.6) is 0 Å². The number of nitrogens with one attached hydrogen (secondary N) is 1. The zero-order valence-electron chi connectivity index (χ0n) is 9.28. The van der Waals surface area contributed by atoms with Gasteiger partial charge in [-0.3, -0.25) is 4.79 Å². The van der Waals surface area contributed by atoms with Gasteiger partial charge in [-0.25, -0.2) is 0 Å². The standard InChI is InChI=1S/C13H10BrClN2O/c14-12-10(15)2-1-3-11(12)17-13(18)8-4-6-9(16)7-5-8/h1-7H,16H2,(H,17,18). The van der Waals surface area contributed by atoms with E-state index in [0.717, 1.165) is 0 Å². The molecule has 0 aliphatic rings. The fourth-order valence-electron chi connectivity index (χ4n) is 1.43. The molecule has 0 spiro atoms. The third kappa shape index (κ3) is 2.83. The monoisotopic (exact) mass is 324 g/mol. The van der Waals surface area contributed by atoms with E-state index in [4.69, 9.17) is 17.3 Å². The highest BCUT2D eigenvalue weighted by atomic mass is 79.9. The summed E-state index contributed by atoms with van der Waals surface area (Å²) in [4.78, 5) is 12.0. The first-order valence-corrected chi connectivity index (χ1v) is 6.36. The second-order valence-electron chi connectivity index (χ2n) is 3.68. The summed E-state index contributed by atoms with van der Waals surface area (Å²) >= 11 is 9.28. The van der Waals surface area contributed by atoms with Gasteiger partial charge in [0.2, 0.25) is 0 Å². The van der Waals surface area contributed by atoms with Gasteiger partial charge in [0.25, 0.3) is 5.91 Å². The van der Waals surface area contributed by atoms with Crippen LogP contribution in [-0.2, 0) is 0 Å². The summed E-state index contributed by atoms with van der Waals surface area (Å²) in [6.07, 6.45) is 0. The number of hydrogen-bond acceptors (Lipinski definition) is 2. The molecule has 0 atom stereocenters. The van der Waals surface area contributed by atoms with E-state index < -0.39 is 0 Å². The quantitative estimate of drug-likeness (QED) is 0.822. The van der Waals surface area contributed by atoms with Gasteiger partial charge >= 0.3 is 0 Å². The Balaban J connectivity index is 2.21. The molecule has 0 bridgehead atoms. The third-order valence-electron chi connectivity index (χ3n) is 2.37. The van der Waals surface area contributed by atoms with Crippen molar-refractivity contribution in [2.24, 2.45) is 0 Å². The summed E-state index contributed by atoms with van der Waals surface area (Å²) in [5.74, 6) is -0.210. The van der Waals surface area contributed by atoms with Crippen LogP contribution in [0.4, 0.5) is 11.4 Å². The summed E-state index contributed by atoms with van der Waals surface area (Å²) in [5, 5.41) is 3.32. The van der Waals surface area contributed by atoms with Crippen molar-refractivity contribution in [3.05, 3.63) is 57.5 Å². The van der Waals surface area contributed by atoms with Crippen molar-refractivity contribution in [2.45, 2.75) is 0 Å². The van der Waals surface area contributed by atoms with E-state index in [1.807, 2.05) is 0 Å². The molecule has 5 heteroatoms. The molecule has 0 aliphatic carbocycles. The molecule has 0 radical (unpaired) electrons. The first-order chi connectivity index (χ1) is 8.58. The van der Waals surface area contributed by atoms with Crippen molar-refractivity contribution >= 4 is 44.8 Å². The maximum Gasteiger partial charge on any atom is 0.255 e. The Bertz CT molecular complexity index is 584. The highest BCUT2D eigenvalue weighted by Crippen LogP contribution is 2.30. The summed E-state index contributed by atoms with van der Waals surface area (Å²) < 4.78 is 0.662. The fourth-order valence-corrected chi connectivity index (χ4v) is 1.97. The van der Waals surface area contributed by atoms with Gasteiger partial charge in [0.1, 0.15) is 0 Å². The van der Waals surface area contributed by atoms with Crippen molar-refractivity contribution in [3.63, 3.8) is 0 Å². The van der Waals surface area contributed by atoms with Crippen molar-refractivity contribution in [3.8, 4) is 0 Å². The van der Waals surface area contributed by atoms with Crippen LogP contribution in [0.1, 0.15) is 10.4 Å². The average Bonchev–Trinajstić information content (AvgIpc) is 2.36. The van der Waals surface area contributed by atoms with E-state index in [0.29, 0.717) is 26.4 Å². The van der Waals surface area contributed by atoms with Gasteiger partial charge < -0.3 is 11.1 Å². The molecule has 2 rings (SSSR count). The van der Waals surface area contributed by atoms with Crippen LogP contribution in [0, 0.1) is 0 Å². The lowest BCUT2D eigenvalue weighted by atomic mass is 10.2. The van der Waals surface area contributed by atoms with Crippen molar-refractivity contribution < 1.29 is 4.79 Å². The molecule has 2 aromatic rings. The molecule has 0 saturated heterocycles. The first kappa shape index (κ1) is 12.9. The van der Waals surface area contributed by atoms with E-state index in [1.165, 1.54) is 0 Å². The van der Waals surface area contributed by atoms with Crippen LogP contribution in [0.25, 0.3) is 0 Å². The van der Waals surface area contributed by atoms with Gasteiger partial charge in [-0.05, 0) is 52.3 Å². The van der Waals surface area contributed by atoms with Crippen molar-refractivity contribution in [1.82, 2.24) is 0 Å². The molecule has 0 fully saturated rings. The molecule has 92 valence electrons. The maximum atomic E-state index is 12.0. The van der Waals surface area contributed by atoms with E-state index in [9.17, 15) is 4.79 Å². The van der Waals surface area contributed by atoms with Crippen LogP contribution in [0.3, 0.4) is 0 Å². The summed E-state index contributed by atoms with van der Waals surface area (Å²) in [6, 6.07) is 12.0. The van der Waals surface area contributed by atoms with Crippen molar-refractivity contribution in [1.29, 1.82) is 0 Å². The van der Waals surface area contributed by atoms with E-state index in [-0.39, 0.29) is 5.91 Å². The van der Waals surface area contributed by atoms with Gasteiger partial charge in [0.05, 0.1) is 15.2 Å². The minimum absolute atomic E-state index is 0.210. The molecule has 0 aromatic heterocycles. The molecule has 0 saturated carbocycles. The molecule has 0 unspecified atom stereocenters. The molecule has 3 nitrogen and oxygen atoms in total. The second-order valence-corrected chi connectivity index (χ2v) is 4.88. The first-order valence-electron chi connectivity index (χ1n) is 5.19. The lowest BCUT2D eigenvalue weighted by Gasteiger charge is -2.08. The predicted molar refractivity (Wildman–Crippen MR) is 78.0 cm³/mol. The maximum absolute atomic E-state index is 12.0. The molecular formula is C13H10BrClN2O. The number of hydrogen-bond donors (Lipinski definition) is 2. The Morgan fingerprint density at radius 2 is 1.83 bits per heavy atom. The Morgan fingerprint density at radius 3 is 2.50 bits per heavy atom. The van der Waals surface area contributed by atoms with Crippen molar-refractivity contribution in [2.75, 3.05) is 11.1 Å². The van der Waals surface area contributed by atoms with E-state index in [2.05, 4.69) is 21.2 Å². The summed E-state index contributed by atoms with van der Waals surface area (Å²) in [5.41, 5.74) is 7.35. The minimum Gasteiger partial charge on any atom is -0.399 e. The van der Waals surface area contributed by atoms with Crippen LogP contribution >= 0.6 is 27.5 Å². The zero-order chi connectivity index (χ0) is 13.1. The molecule has 1 amide bonds. The van der Waals surface area contributed by atoms with Gasteiger partial charge in [0.15, 0.2) is 0 Å². The number of nitrogens with two attached hydrogens (primary N) is 1. The average molecular weight is 326 g/mol. The lowest BCUT2D eigenvalue weighted by Crippen LogP contribution is -2.12. The van der Waals surface area contributed by atoms with Gasteiger partial charge in [-0.1, -0.05) is 17.7 Å². The largest absolute Gasteiger partial charge is 0.399 e. The van der Waals surface area contributed by atoms with Gasteiger partial charge in [-0.2, -0.15) is 0 Å². The molecule has 0 aliphatic heterocycles. The number of anilines is 2. The second kappa shape index (κ2) is 5.42. The van der Waals surface area contributed by atoms with Crippen LogP contribution in [0.15, 0.2) is 46.9 Å². The lowest BCUT2D eigenvalue weighted by molar-refractivity contribution is 0.102. The molecule has 2 aromatic carbocycles. The molecule has 18 heavy (non-hydrogen) atoms. The Kier molecular flexibility index (Phi) is 3.89. The number of benzene rings is 2. The molecule has 3 N–H and O–H groups in total. The van der Waals surface area contributed by atoms with Gasteiger partial charge in [-0.15, -0.1) is 0 Å². The van der Waals surface area contributed by atoms with Crippen LogP contribution in [0.2, 0.25) is 5.02 Å². The number of rotatable bonds is 2. The van der Waals surface area contributed by atoms with Crippen LogP contribution in [-0.4, -0.2) is 5.91 Å². The normalized spacial score (nSPS) is 10.1. The number of nitrogen functional groups attached to an aromatic ring is 1. The Hall–Kier alpha value is -1.52. The molecule has 0 heterocycles. The predicted octanol–water partition coefficient (Wildman–Crippen LogP) is 3.94. The number of carbonyl (C=O) groups is 1. The topological polar surface area (TPSA) is 55.1 Å². The summed E-state index contributed by atoms with van der Waals surface area (Å²) in [6.45, 7) is 0. The van der Waals surface area contributed by atoms with E-state index in [1.54, 1.807) is 42.5 Å². The Morgan fingerprint density at radius 1 is 1.17 bits per heavy atom. The number of carbonyl (C=O) groups excluding carboxylic acids is 1.